The lowest BCUT2D eigenvalue weighted by Crippen LogP contribution is -2.34. The summed E-state index contributed by atoms with van der Waals surface area (Å²) in [4.78, 5) is 14.0. The fraction of sp³-hybridized carbons (Fsp3) is 0.583. The van der Waals surface area contributed by atoms with Crippen molar-refractivity contribution in [2.45, 2.75) is 39.7 Å². The molecule has 0 aromatic carbocycles. The summed E-state index contributed by atoms with van der Waals surface area (Å²) in [5, 5.41) is 3.99. The molecule has 2 nitrogen and oxygen atoms in total. The Morgan fingerprint density at radius 1 is 1.56 bits per heavy atom. The predicted molar refractivity (Wildman–Crippen MR) is 73.7 cm³/mol. The Morgan fingerprint density at radius 2 is 2.25 bits per heavy atom. The number of carbonyl (C=O) groups is 1. The van der Waals surface area contributed by atoms with Crippen molar-refractivity contribution in [2.75, 3.05) is 5.33 Å². The number of alkyl halides is 1. The third-order valence-electron chi connectivity index (χ3n) is 2.68. The van der Waals surface area contributed by atoms with Gasteiger partial charge in [-0.2, -0.15) is 0 Å². The average molecular weight is 304 g/mol. The minimum absolute atomic E-state index is 0.0639. The van der Waals surface area contributed by atoms with E-state index in [1.807, 2.05) is 19.9 Å². The van der Waals surface area contributed by atoms with Crippen molar-refractivity contribution < 1.29 is 4.79 Å². The van der Waals surface area contributed by atoms with Crippen LogP contribution in [0, 0.1) is 13.8 Å². The molecular formula is C12H18BrNOS. The van der Waals surface area contributed by atoms with Crippen molar-refractivity contribution in [2.24, 2.45) is 0 Å². The predicted octanol–water partition coefficient (Wildman–Crippen LogP) is 3.66. The fourth-order valence-corrected chi connectivity index (χ4v) is 2.94. The monoisotopic (exact) mass is 303 g/mol. The number of nitrogens with one attached hydrogen (secondary N) is 1. The molecule has 1 unspecified atom stereocenters. The molecule has 1 rings (SSSR count). The van der Waals surface area contributed by atoms with Gasteiger partial charge in [0, 0.05) is 16.2 Å². The Balaban J connectivity index is 2.64. The Hall–Kier alpha value is -0.350. The van der Waals surface area contributed by atoms with Crippen LogP contribution in [-0.2, 0) is 0 Å². The minimum atomic E-state index is 0.0639. The first-order valence-electron chi connectivity index (χ1n) is 5.52. The number of amides is 1. The van der Waals surface area contributed by atoms with Crippen LogP contribution in [0.1, 0.15) is 39.9 Å². The highest BCUT2D eigenvalue weighted by atomic mass is 79.9. The summed E-state index contributed by atoms with van der Waals surface area (Å²) in [6, 6.07) is 2.24. The van der Waals surface area contributed by atoms with Gasteiger partial charge in [-0.3, -0.25) is 4.79 Å². The van der Waals surface area contributed by atoms with E-state index in [1.165, 1.54) is 10.4 Å². The molecular weight excluding hydrogens is 286 g/mol. The number of carbonyl (C=O) groups excluding carboxylic acids is 1. The molecule has 90 valence electrons. The van der Waals surface area contributed by atoms with Crippen LogP contribution in [0.2, 0.25) is 0 Å². The summed E-state index contributed by atoms with van der Waals surface area (Å²) in [6.07, 6.45) is 1.95. The fourth-order valence-electron chi connectivity index (χ4n) is 1.45. The van der Waals surface area contributed by atoms with Crippen LogP contribution < -0.4 is 5.32 Å². The van der Waals surface area contributed by atoms with Crippen LogP contribution >= 0.6 is 27.3 Å². The van der Waals surface area contributed by atoms with Gasteiger partial charge in [0.1, 0.15) is 0 Å². The Kier molecular flexibility index (Phi) is 5.49. The van der Waals surface area contributed by atoms with Gasteiger partial charge in [-0.15, -0.1) is 11.3 Å². The van der Waals surface area contributed by atoms with E-state index in [2.05, 4.69) is 28.2 Å². The normalized spacial score (nSPS) is 12.5. The number of hydrogen-bond acceptors (Lipinski definition) is 2. The molecule has 1 aromatic rings. The highest BCUT2D eigenvalue weighted by molar-refractivity contribution is 9.09. The maximum atomic E-state index is 11.9. The zero-order chi connectivity index (χ0) is 12.1. The second kappa shape index (κ2) is 6.40. The molecule has 0 radical (unpaired) electrons. The van der Waals surface area contributed by atoms with Crippen LogP contribution in [0.5, 0.6) is 0 Å². The van der Waals surface area contributed by atoms with Gasteiger partial charge < -0.3 is 5.32 Å². The SMILES string of the molecule is CCC(CCBr)NC(=O)c1cc(C)c(C)s1. The Labute approximate surface area is 110 Å². The molecule has 0 saturated carbocycles. The van der Waals surface area contributed by atoms with Crippen LogP contribution in [-0.4, -0.2) is 17.3 Å². The second-order valence-corrected chi connectivity index (χ2v) is 5.96. The second-order valence-electron chi connectivity index (χ2n) is 3.91. The summed E-state index contributed by atoms with van der Waals surface area (Å²) >= 11 is 4.97. The van der Waals surface area contributed by atoms with E-state index in [4.69, 9.17) is 0 Å². The van der Waals surface area contributed by atoms with Gasteiger partial charge in [-0.25, -0.2) is 0 Å². The van der Waals surface area contributed by atoms with Crippen LogP contribution in [0.15, 0.2) is 6.07 Å². The van der Waals surface area contributed by atoms with Crippen LogP contribution in [0.4, 0.5) is 0 Å². The van der Waals surface area contributed by atoms with Gasteiger partial charge in [0.25, 0.3) is 5.91 Å². The standard InChI is InChI=1S/C12H18BrNOS/c1-4-10(5-6-13)14-12(15)11-7-8(2)9(3)16-11/h7,10H,4-6H2,1-3H3,(H,14,15). The smallest absolute Gasteiger partial charge is 0.261 e. The largest absolute Gasteiger partial charge is 0.349 e. The van der Waals surface area contributed by atoms with Gasteiger partial charge in [0.2, 0.25) is 0 Å². The van der Waals surface area contributed by atoms with Crippen molar-refractivity contribution in [3.05, 3.63) is 21.4 Å². The Bertz CT molecular complexity index is 342. The highest BCUT2D eigenvalue weighted by Gasteiger charge is 2.14. The molecule has 0 fully saturated rings. The summed E-state index contributed by atoms with van der Waals surface area (Å²) in [7, 11) is 0. The first-order valence-corrected chi connectivity index (χ1v) is 7.46. The van der Waals surface area contributed by atoms with Crippen molar-refractivity contribution in [1.82, 2.24) is 5.32 Å². The lowest BCUT2D eigenvalue weighted by atomic mass is 10.1. The van der Waals surface area contributed by atoms with E-state index in [0.29, 0.717) is 0 Å². The van der Waals surface area contributed by atoms with Crippen molar-refractivity contribution in [1.29, 1.82) is 0 Å². The summed E-state index contributed by atoms with van der Waals surface area (Å²) < 4.78 is 0. The third-order valence-corrected chi connectivity index (χ3v) is 4.28. The Morgan fingerprint density at radius 3 is 2.69 bits per heavy atom. The molecule has 0 aliphatic heterocycles. The highest BCUT2D eigenvalue weighted by Crippen LogP contribution is 2.20. The van der Waals surface area contributed by atoms with Gasteiger partial charge in [0.15, 0.2) is 0 Å². The van der Waals surface area contributed by atoms with E-state index in [9.17, 15) is 4.79 Å². The number of halogens is 1. The maximum Gasteiger partial charge on any atom is 0.261 e. The lowest BCUT2D eigenvalue weighted by molar-refractivity contribution is 0.0939. The van der Waals surface area contributed by atoms with Gasteiger partial charge in [0.05, 0.1) is 4.88 Å². The molecule has 0 aliphatic rings. The summed E-state index contributed by atoms with van der Waals surface area (Å²) in [5.74, 6) is 0.0639. The molecule has 1 N–H and O–H groups in total. The minimum Gasteiger partial charge on any atom is -0.349 e. The van der Waals surface area contributed by atoms with Gasteiger partial charge in [-0.05, 0) is 38.3 Å². The quantitative estimate of drug-likeness (QED) is 0.826. The molecule has 0 bridgehead atoms. The molecule has 0 aliphatic carbocycles. The van der Waals surface area contributed by atoms with Crippen LogP contribution in [0.25, 0.3) is 0 Å². The van der Waals surface area contributed by atoms with Crippen molar-refractivity contribution in [3.63, 3.8) is 0 Å². The molecule has 0 saturated heterocycles. The maximum absolute atomic E-state index is 11.9. The van der Waals surface area contributed by atoms with Gasteiger partial charge >= 0.3 is 0 Å². The zero-order valence-electron chi connectivity index (χ0n) is 9.97. The summed E-state index contributed by atoms with van der Waals surface area (Å²) in [5.41, 5.74) is 1.20. The van der Waals surface area contributed by atoms with E-state index in [-0.39, 0.29) is 11.9 Å². The molecule has 4 heteroatoms. The molecule has 0 spiro atoms. The zero-order valence-corrected chi connectivity index (χ0v) is 12.4. The number of rotatable bonds is 5. The van der Waals surface area contributed by atoms with Crippen molar-refractivity contribution >= 4 is 33.2 Å². The average Bonchev–Trinajstić information content (AvgIpc) is 2.58. The summed E-state index contributed by atoms with van der Waals surface area (Å²) in [6.45, 7) is 6.18. The van der Waals surface area contributed by atoms with Gasteiger partial charge in [-0.1, -0.05) is 22.9 Å². The molecule has 16 heavy (non-hydrogen) atoms. The number of aryl methyl sites for hydroxylation is 2. The van der Waals surface area contributed by atoms with Crippen LogP contribution in [0.3, 0.4) is 0 Å². The number of hydrogen-bond donors (Lipinski definition) is 1. The van der Waals surface area contributed by atoms with E-state index < -0.39 is 0 Å². The third kappa shape index (κ3) is 3.59. The molecule has 1 heterocycles. The number of thiophene rings is 1. The first-order chi connectivity index (χ1) is 7.58. The topological polar surface area (TPSA) is 29.1 Å². The van der Waals surface area contributed by atoms with E-state index in [1.54, 1.807) is 11.3 Å². The first kappa shape index (κ1) is 13.7. The molecule has 1 atom stereocenters. The van der Waals surface area contributed by atoms with E-state index in [0.717, 1.165) is 23.0 Å². The molecule has 1 amide bonds. The lowest BCUT2D eigenvalue weighted by Gasteiger charge is -2.14. The molecule has 1 aromatic heterocycles. The van der Waals surface area contributed by atoms with Crippen molar-refractivity contribution in [3.8, 4) is 0 Å². The van der Waals surface area contributed by atoms with E-state index >= 15 is 0 Å².